The molecule has 0 radical (unpaired) electrons. The highest BCUT2D eigenvalue weighted by atomic mass is 79.9. The molecule has 18 heavy (non-hydrogen) atoms. The van der Waals surface area contributed by atoms with Crippen molar-refractivity contribution >= 4 is 38.9 Å². The Kier molecular flexibility index (Phi) is 4.30. The molecule has 0 amide bonds. The highest BCUT2D eigenvalue weighted by molar-refractivity contribution is 9.10. The molecule has 0 spiro atoms. The van der Waals surface area contributed by atoms with Crippen LogP contribution >= 0.6 is 38.9 Å². The van der Waals surface area contributed by atoms with Gasteiger partial charge in [0.05, 0.1) is 12.5 Å². The van der Waals surface area contributed by atoms with Crippen molar-refractivity contribution in [3.05, 3.63) is 49.9 Å². The predicted octanol–water partition coefficient (Wildman–Crippen LogP) is 5.29. The Hall–Kier alpha value is -0.580. The smallest absolute Gasteiger partial charge is 0.165 e. The zero-order valence-corrected chi connectivity index (χ0v) is 13.0. The Morgan fingerprint density at radius 2 is 2.11 bits per heavy atom. The molecule has 1 aromatic carbocycles. The van der Waals surface area contributed by atoms with Crippen LogP contribution in [0.1, 0.15) is 20.7 Å². The predicted molar refractivity (Wildman–Crippen MR) is 77.4 cm³/mol. The van der Waals surface area contributed by atoms with Crippen molar-refractivity contribution in [3.63, 3.8) is 0 Å². The summed E-state index contributed by atoms with van der Waals surface area (Å²) in [6.07, 6.45) is 0. The molecule has 0 aliphatic carbocycles. The third-order valence-electron chi connectivity index (χ3n) is 2.53. The van der Waals surface area contributed by atoms with Crippen molar-refractivity contribution in [2.75, 3.05) is 7.11 Å². The largest absolute Gasteiger partial charge is 0.494 e. The lowest BCUT2D eigenvalue weighted by molar-refractivity contribution is 0.386. The van der Waals surface area contributed by atoms with Gasteiger partial charge in [0.2, 0.25) is 0 Å². The summed E-state index contributed by atoms with van der Waals surface area (Å²) in [7, 11) is 1.44. The molecule has 1 atom stereocenters. The molecular weight excluding hydrogens is 339 g/mol. The standard InChI is InChI=1S/C13H11BrClFOS/c1-7-5-9(14)13(18-7)12(15)8-3-4-10(16)11(6-8)17-2/h3-6,12H,1-2H3. The molecule has 0 fully saturated rings. The van der Waals surface area contributed by atoms with E-state index in [2.05, 4.69) is 15.9 Å². The first-order valence-corrected chi connectivity index (χ1v) is 7.31. The average Bonchev–Trinajstić information content (AvgIpc) is 2.68. The molecule has 1 heterocycles. The molecule has 96 valence electrons. The van der Waals surface area contributed by atoms with Gasteiger partial charge in [0.25, 0.3) is 0 Å². The first-order valence-electron chi connectivity index (χ1n) is 5.26. The Morgan fingerprint density at radius 3 is 2.67 bits per heavy atom. The van der Waals surface area contributed by atoms with Gasteiger partial charge in [0.1, 0.15) is 0 Å². The van der Waals surface area contributed by atoms with Crippen molar-refractivity contribution < 1.29 is 9.13 Å². The van der Waals surface area contributed by atoms with Crippen molar-refractivity contribution in [2.45, 2.75) is 12.3 Å². The minimum atomic E-state index is -0.383. The first-order chi connectivity index (χ1) is 8.52. The maximum absolute atomic E-state index is 13.3. The lowest BCUT2D eigenvalue weighted by Gasteiger charge is -2.11. The van der Waals surface area contributed by atoms with Crippen LogP contribution < -0.4 is 4.74 Å². The van der Waals surface area contributed by atoms with Crippen molar-refractivity contribution in [2.24, 2.45) is 0 Å². The number of ether oxygens (including phenoxy) is 1. The summed E-state index contributed by atoms with van der Waals surface area (Å²) < 4.78 is 19.3. The van der Waals surface area contributed by atoms with Gasteiger partial charge in [-0.25, -0.2) is 4.39 Å². The molecule has 0 aliphatic heterocycles. The first kappa shape index (κ1) is 13.8. The third kappa shape index (κ3) is 2.71. The van der Waals surface area contributed by atoms with E-state index < -0.39 is 0 Å². The Bertz CT molecular complexity index is 570. The number of hydrogen-bond donors (Lipinski definition) is 0. The molecule has 5 heteroatoms. The van der Waals surface area contributed by atoms with Gasteiger partial charge < -0.3 is 4.74 Å². The van der Waals surface area contributed by atoms with Crippen LogP contribution in [-0.4, -0.2) is 7.11 Å². The summed E-state index contributed by atoms with van der Waals surface area (Å²) in [5.41, 5.74) is 0.817. The zero-order chi connectivity index (χ0) is 13.3. The monoisotopic (exact) mass is 348 g/mol. The van der Waals surface area contributed by atoms with Crippen LogP contribution in [0.25, 0.3) is 0 Å². The molecular formula is C13H11BrClFOS. The fourth-order valence-corrected chi connectivity index (χ4v) is 4.06. The maximum Gasteiger partial charge on any atom is 0.165 e. The molecule has 2 aromatic rings. The molecule has 2 rings (SSSR count). The summed E-state index contributed by atoms with van der Waals surface area (Å²) in [4.78, 5) is 2.19. The summed E-state index contributed by atoms with van der Waals surface area (Å²) in [6.45, 7) is 2.02. The highest BCUT2D eigenvalue weighted by Gasteiger charge is 2.18. The molecule has 0 saturated heterocycles. The maximum atomic E-state index is 13.3. The normalized spacial score (nSPS) is 12.5. The number of halogens is 3. The van der Waals surface area contributed by atoms with Gasteiger partial charge in [0, 0.05) is 14.2 Å². The minimum absolute atomic E-state index is 0.211. The average molecular weight is 350 g/mol. The van der Waals surface area contributed by atoms with Gasteiger partial charge >= 0.3 is 0 Å². The molecule has 1 aromatic heterocycles. The lowest BCUT2D eigenvalue weighted by atomic mass is 10.1. The summed E-state index contributed by atoms with van der Waals surface area (Å²) >= 11 is 11.5. The van der Waals surface area contributed by atoms with E-state index >= 15 is 0 Å². The number of aryl methyl sites for hydroxylation is 1. The molecule has 1 unspecified atom stereocenters. The summed E-state index contributed by atoms with van der Waals surface area (Å²) in [5, 5.41) is -0.312. The van der Waals surface area contributed by atoms with Crippen LogP contribution in [0.2, 0.25) is 0 Å². The van der Waals surface area contributed by atoms with E-state index in [1.165, 1.54) is 18.1 Å². The van der Waals surface area contributed by atoms with Gasteiger partial charge in [-0.05, 0) is 46.6 Å². The Morgan fingerprint density at radius 1 is 1.39 bits per heavy atom. The summed E-state index contributed by atoms with van der Waals surface area (Å²) in [5.74, 6) is -0.172. The van der Waals surface area contributed by atoms with Gasteiger partial charge in [-0.1, -0.05) is 6.07 Å². The molecule has 1 nitrogen and oxygen atoms in total. The van der Waals surface area contributed by atoms with Crippen molar-refractivity contribution in [3.8, 4) is 5.75 Å². The van der Waals surface area contributed by atoms with E-state index in [1.54, 1.807) is 23.5 Å². The Labute approximate surface area is 123 Å². The van der Waals surface area contributed by atoms with Gasteiger partial charge in [-0.3, -0.25) is 0 Å². The quantitative estimate of drug-likeness (QED) is 0.684. The fraction of sp³-hybridized carbons (Fsp3) is 0.231. The van der Waals surface area contributed by atoms with E-state index in [0.29, 0.717) is 0 Å². The van der Waals surface area contributed by atoms with E-state index in [4.69, 9.17) is 16.3 Å². The number of hydrogen-bond acceptors (Lipinski definition) is 2. The topological polar surface area (TPSA) is 9.23 Å². The zero-order valence-electron chi connectivity index (χ0n) is 9.84. The van der Waals surface area contributed by atoms with Crippen molar-refractivity contribution in [1.82, 2.24) is 0 Å². The van der Waals surface area contributed by atoms with Gasteiger partial charge in [0.15, 0.2) is 11.6 Å². The fourth-order valence-electron chi connectivity index (χ4n) is 1.66. The number of rotatable bonds is 3. The third-order valence-corrected chi connectivity index (χ3v) is 5.17. The number of thiophene rings is 1. The second-order valence-electron chi connectivity index (χ2n) is 3.83. The molecule has 0 saturated carbocycles. The highest BCUT2D eigenvalue weighted by Crippen LogP contribution is 2.40. The number of alkyl halides is 1. The van der Waals surface area contributed by atoms with E-state index in [9.17, 15) is 4.39 Å². The van der Waals surface area contributed by atoms with Gasteiger partial charge in [-0.15, -0.1) is 22.9 Å². The summed E-state index contributed by atoms with van der Waals surface area (Å²) in [6, 6.07) is 6.71. The van der Waals surface area contributed by atoms with Crippen LogP contribution in [0.15, 0.2) is 28.7 Å². The SMILES string of the molecule is COc1cc(C(Cl)c2sc(C)cc2Br)ccc1F. The van der Waals surface area contributed by atoms with Crippen molar-refractivity contribution in [1.29, 1.82) is 0 Å². The van der Waals surface area contributed by atoms with E-state index in [1.807, 2.05) is 13.0 Å². The van der Waals surface area contributed by atoms with Crippen LogP contribution in [0.4, 0.5) is 4.39 Å². The number of benzene rings is 1. The second-order valence-corrected chi connectivity index (χ2v) is 6.40. The van der Waals surface area contributed by atoms with Crippen LogP contribution in [-0.2, 0) is 0 Å². The second kappa shape index (κ2) is 5.59. The molecule has 0 bridgehead atoms. The van der Waals surface area contributed by atoms with Crippen LogP contribution in [0.3, 0.4) is 0 Å². The lowest BCUT2D eigenvalue weighted by Crippen LogP contribution is -1.94. The molecule has 0 aliphatic rings. The van der Waals surface area contributed by atoms with E-state index in [0.717, 1.165) is 14.9 Å². The van der Waals surface area contributed by atoms with E-state index in [-0.39, 0.29) is 16.9 Å². The van der Waals surface area contributed by atoms with Gasteiger partial charge in [-0.2, -0.15) is 0 Å². The number of methoxy groups -OCH3 is 1. The molecule has 0 N–H and O–H groups in total. The Balaban J connectivity index is 2.39. The minimum Gasteiger partial charge on any atom is -0.494 e. The van der Waals surface area contributed by atoms with Crippen LogP contribution in [0.5, 0.6) is 5.75 Å². The van der Waals surface area contributed by atoms with Crippen LogP contribution in [0, 0.1) is 12.7 Å².